The van der Waals surface area contributed by atoms with Crippen molar-refractivity contribution in [2.45, 2.75) is 13.0 Å². The van der Waals surface area contributed by atoms with Crippen LogP contribution in [-0.4, -0.2) is 12.6 Å². The molecule has 0 spiro atoms. The molecule has 0 atom stereocenters. The highest BCUT2D eigenvalue weighted by Gasteiger charge is 2.01. The molecule has 2 aromatic rings. The summed E-state index contributed by atoms with van der Waals surface area (Å²) in [4.78, 5) is 11.5. The smallest absolute Gasteiger partial charge is 0.407 e. The second-order valence-corrected chi connectivity index (χ2v) is 4.78. The van der Waals surface area contributed by atoms with Gasteiger partial charge in [0.2, 0.25) is 0 Å². The molecule has 0 saturated carbocycles. The number of nitrogen functional groups attached to an aromatic ring is 1. The van der Waals surface area contributed by atoms with E-state index in [1.165, 1.54) is 12.1 Å². The van der Waals surface area contributed by atoms with Crippen LogP contribution in [-0.2, 0) is 11.3 Å². The Morgan fingerprint density at radius 2 is 2.00 bits per heavy atom. The highest BCUT2D eigenvalue weighted by molar-refractivity contribution is 5.67. The molecule has 5 heteroatoms. The van der Waals surface area contributed by atoms with Gasteiger partial charge < -0.3 is 15.8 Å². The third-order valence-electron chi connectivity index (χ3n) is 2.97. The second kappa shape index (κ2) is 8.44. The van der Waals surface area contributed by atoms with Crippen LogP contribution in [0.3, 0.4) is 0 Å². The highest BCUT2D eigenvalue weighted by Crippen LogP contribution is 2.10. The number of rotatable bonds is 4. The molecule has 0 aliphatic heterocycles. The summed E-state index contributed by atoms with van der Waals surface area (Å²) < 4.78 is 18.3. The molecule has 23 heavy (non-hydrogen) atoms. The fourth-order valence-electron chi connectivity index (χ4n) is 1.77. The van der Waals surface area contributed by atoms with Crippen molar-refractivity contribution in [1.29, 1.82) is 0 Å². The predicted octanol–water partition coefficient (Wildman–Crippen LogP) is 3.08. The zero-order valence-corrected chi connectivity index (χ0v) is 12.5. The number of hydrogen-bond donors (Lipinski definition) is 2. The van der Waals surface area contributed by atoms with Crippen LogP contribution in [0.15, 0.2) is 48.5 Å². The molecule has 0 fully saturated rings. The lowest BCUT2D eigenvalue weighted by atomic mass is 10.2. The Labute approximate surface area is 134 Å². The summed E-state index contributed by atoms with van der Waals surface area (Å²) in [7, 11) is 0. The quantitative estimate of drug-likeness (QED) is 0.518. The molecule has 0 aliphatic rings. The van der Waals surface area contributed by atoms with Crippen molar-refractivity contribution < 1.29 is 13.9 Å². The minimum absolute atomic E-state index is 0.0957. The van der Waals surface area contributed by atoms with Crippen molar-refractivity contribution in [2.75, 3.05) is 12.3 Å². The van der Waals surface area contributed by atoms with Gasteiger partial charge in [0.1, 0.15) is 12.4 Å². The number of carbonyl (C=O) groups excluding carboxylic acids is 1. The van der Waals surface area contributed by atoms with Crippen LogP contribution in [0, 0.1) is 17.7 Å². The van der Waals surface area contributed by atoms with Gasteiger partial charge in [-0.25, -0.2) is 9.18 Å². The maximum atomic E-state index is 13.2. The number of carbonyl (C=O) groups is 1. The summed E-state index contributed by atoms with van der Waals surface area (Å²) in [5.41, 5.74) is 6.95. The van der Waals surface area contributed by atoms with Crippen molar-refractivity contribution in [3.8, 4) is 11.8 Å². The monoisotopic (exact) mass is 312 g/mol. The number of hydrogen-bond acceptors (Lipinski definition) is 3. The van der Waals surface area contributed by atoms with Crippen LogP contribution in [0.4, 0.5) is 14.9 Å². The van der Waals surface area contributed by atoms with Gasteiger partial charge in [0, 0.05) is 18.5 Å². The molecule has 0 heterocycles. The van der Waals surface area contributed by atoms with E-state index >= 15 is 0 Å². The van der Waals surface area contributed by atoms with Crippen LogP contribution in [0.5, 0.6) is 0 Å². The van der Waals surface area contributed by atoms with E-state index in [4.69, 9.17) is 10.5 Å². The van der Waals surface area contributed by atoms with Gasteiger partial charge in [-0.05, 0) is 23.8 Å². The zero-order chi connectivity index (χ0) is 16.5. The summed E-state index contributed by atoms with van der Waals surface area (Å²) in [5.74, 6) is 5.17. The van der Waals surface area contributed by atoms with E-state index in [1.54, 1.807) is 6.07 Å². The summed E-state index contributed by atoms with van der Waals surface area (Å²) in [5, 5.41) is 2.60. The fourth-order valence-corrected chi connectivity index (χ4v) is 1.77. The van der Waals surface area contributed by atoms with Gasteiger partial charge in [0.05, 0.1) is 5.69 Å². The van der Waals surface area contributed by atoms with E-state index in [2.05, 4.69) is 17.2 Å². The average Bonchev–Trinajstić information content (AvgIpc) is 2.57. The highest BCUT2D eigenvalue weighted by atomic mass is 19.1. The predicted molar refractivity (Wildman–Crippen MR) is 86.9 cm³/mol. The first-order valence-corrected chi connectivity index (χ1v) is 7.13. The third kappa shape index (κ3) is 5.71. The minimum atomic E-state index is -0.491. The number of halogens is 1. The Balaban J connectivity index is 1.68. The lowest BCUT2D eigenvalue weighted by Crippen LogP contribution is -2.24. The summed E-state index contributed by atoms with van der Waals surface area (Å²) in [6, 6.07) is 13.8. The van der Waals surface area contributed by atoms with Crippen molar-refractivity contribution >= 4 is 11.8 Å². The Morgan fingerprint density at radius 1 is 1.22 bits per heavy atom. The molecule has 0 bridgehead atoms. The van der Waals surface area contributed by atoms with Gasteiger partial charge >= 0.3 is 6.09 Å². The van der Waals surface area contributed by atoms with Crippen LogP contribution < -0.4 is 11.1 Å². The molecule has 2 aromatic carbocycles. The Morgan fingerprint density at radius 3 is 2.74 bits per heavy atom. The molecule has 0 aliphatic carbocycles. The number of nitrogens with two attached hydrogens (primary N) is 1. The zero-order valence-electron chi connectivity index (χ0n) is 12.5. The van der Waals surface area contributed by atoms with E-state index in [0.717, 1.165) is 5.56 Å². The number of ether oxygens (including phenoxy) is 1. The molecular formula is C18H17FN2O2. The summed E-state index contributed by atoms with van der Waals surface area (Å²) in [6.45, 7) is 0.584. The maximum absolute atomic E-state index is 13.2. The number of nitrogens with one attached hydrogen (secondary N) is 1. The molecule has 118 valence electrons. The van der Waals surface area contributed by atoms with Crippen LogP contribution in [0.2, 0.25) is 0 Å². The summed E-state index contributed by atoms with van der Waals surface area (Å²) >= 11 is 0. The van der Waals surface area contributed by atoms with E-state index < -0.39 is 11.9 Å². The van der Waals surface area contributed by atoms with Crippen LogP contribution in [0.1, 0.15) is 17.5 Å². The maximum Gasteiger partial charge on any atom is 0.407 e. The average molecular weight is 312 g/mol. The first-order valence-electron chi connectivity index (χ1n) is 7.13. The molecule has 2 rings (SSSR count). The van der Waals surface area contributed by atoms with Crippen LogP contribution in [0.25, 0.3) is 0 Å². The van der Waals surface area contributed by atoms with Crippen molar-refractivity contribution in [3.05, 3.63) is 65.5 Å². The van der Waals surface area contributed by atoms with Crippen molar-refractivity contribution in [2.24, 2.45) is 0 Å². The van der Waals surface area contributed by atoms with E-state index in [0.29, 0.717) is 18.5 Å². The van der Waals surface area contributed by atoms with Gasteiger partial charge in [0.15, 0.2) is 0 Å². The fraction of sp³-hybridized carbons (Fsp3) is 0.167. The number of benzene rings is 2. The van der Waals surface area contributed by atoms with Crippen molar-refractivity contribution in [3.63, 3.8) is 0 Å². The number of anilines is 1. The molecule has 0 radical (unpaired) electrons. The van der Waals surface area contributed by atoms with Gasteiger partial charge in [-0.2, -0.15) is 0 Å². The van der Waals surface area contributed by atoms with E-state index in [9.17, 15) is 9.18 Å². The molecule has 0 unspecified atom stereocenters. The largest absolute Gasteiger partial charge is 0.445 e. The molecular weight excluding hydrogens is 295 g/mol. The van der Waals surface area contributed by atoms with Crippen LogP contribution >= 0.6 is 0 Å². The van der Waals surface area contributed by atoms with Crippen molar-refractivity contribution in [1.82, 2.24) is 5.32 Å². The first-order chi connectivity index (χ1) is 11.1. The number of alkyl carbamates (subject to hydrolysis) is 1. The lowest BCUT2D eigenvalue weighted by Gasteiger charge is -2.05. The molecule has 4 nitrogen and oxygen atoms in total. The number of amides is 1. The Kier molecular flexibility index (Phi) is 6.01. The second-order valence-electron chi connectivity index (χ2n) is 4.78. The first kappa shape index (κ1) is 16.4. The Hall–Kier alpha value is -3.00. The van der Waals surface area contributed by atoms with E-state index in [1.807, 2.05) is 30.3 Å². The topological polar surface area (TPSA) is 64.3 Å². The SMILES string of the molecule is Nc1ccc(C#CCCNC(=O)OCc2ccccc2)cc1F. The minimum Gasteiger partial charge on any atom is -0.445 e. The molecule has 0 saturated heterocycles. The lowest BCUT2D eigenvalue weighted by molar-refractivity contribution is 0.140. The van der Waals surface area contributed by atoms with E-state index in [-0.39, 0.29) is 12.3 Å². The molecule has 0 aromatic heterocycles. The van der Waals surface area contributed by atoms with Gasteiger partial charge in [0.25, 0.3) is 0 Å². The van der Waals surface area contributed by atoms with Gasteiger partial charge in [-0.3, -0.25) is 0 Å². The van der Waals surface area contributed by atoms with Gasteiger partial charge in [-0.15, -0.1) is 0 Å². The summed E-state index contributed by atoms with van der Waals surface area (Å²) in [6.07, 6.45) is -0.0546. The molecule has 1 amide bonds. The standard InChI is InChI=1S/C18H17FN2O2/c19-16-12-14(9-10-17(16)20)6-4-5-11-21-18(22)23-13-15-7-2-1-3-8-15/h1-3,7-10,12H,5,11,13,20H2,(H,21,22). The van der Waals surface area contributed by atoms with Gasteiger partial charge in [-0.1, -0.05) is 42.2 Å². The Bertz CT molecular complexity index is 721. The normalized spacial score (nSPS) is 9.61. The third-order valence-corrected chi connectivity index (χ3v) is 2.97. The molecule has 3 N–H and O–H groups in total.